The van der Waals surface area contributed by atoms with Crippen LogP contribution in [0.2, 0.25) is 0 Å². The first-order chi connectivity index (χ1) is 12.0. The second-order valence-corrected chi connectivity index (χ2v) is 9.70. The first-order valence-electron chi connectivity index (χ1n) is 8.25. The second kappa shape index (κ2) is 7.24. The van der Waals surface area contributed by atoms with Crippen LogP contribution >= 0.6 is 0 Å². The summed E-state index contributed by atoms with van der Waals surface area (Å²) in [6.45, 7) is 5.29. The Hall–Kier alpha value is -2.13. The van der Waals surface area contributed by atoms with Crippen LogP contribution in [0.4, 0.5) is 4.79 Å². The lowest BCUT2D eigenvalue weighted by atomic mass is 9.87. The van der Waals surface area contributed by atoms with Gasteiger partial charge in [0.05, 0.1) is 29.4 Å². The SMILES string of the molecule is CC(C)(C)[C@@H](CO)NC(=O)n1c(=O)n(CCS(C)(=O)=O)c2ccccc21. The van der Waals surface area contributed by atoms with Gasteiger partial charge in [-0.15, -0.1) is 0 Å². The number of para-hydroxylation sites is 2. The minimum atomic E-state index is -3.26. The predicted octanol–water partition coefficient (Wildman–Crippen LogP) is 0.812. The molecule has 2 aromatic rings. The van der Waals surface area contributed by atoms with Gasteiger partial charge >= 0.3 is 11.7 Å². The summed E-state index contributed by atoms with van der Waals surface area (Å²) in [7, 11) is -3.26. The molecule has 144 valence electrons. The summed E-state index contributed by atoms with van der Waals surface area (Å²) < 4.78 is 25.2. The van der Waals surface area contributed by atoms with Crippen molar-refractivity contribution >= 4 is 26.9 Å². The molecule has 0 radical (unpaired) electrons. The monoisotopic (exact) mass is 383 g/mol. The highest BCUT2D eigenvalue weighted by atomic mass is 32.2. The van der Waals surface area contributed by atoms with Crippen molar-refractivity contribution in [3.63, 3.8) is 0 Å². The Kier molecular flexibility index (Phi) is 5.62. The fourth-order valence-electron chi connectivity index (χ4n) is 2.63. The number of carbonyl (C=O) groups excluding carboxylic acids is 1. The number of carbonyl (C=O) groups is 1. The lowest BCUT2D eigenvalue weighted by Crippen LogP contribution is -2.49. The third kappa shape index (κ3) is 4.34. The van der Waals surface area contributed by atoms with Crippen LogP contribution < -0.4 is 11.0 Å². The molecule has 0 aliphatic carbocycles. The molecule has 0 aliphatic heterocycles. The van der Waals surface area contributed by atoms with Crippen LogP contribution in [-0.2, 0) is 16.4 Å². The Bertz CT molecular complexity index is 966. The van der Waals surface area contributed by atoms with Crippen molar-refractivity contribution in [3.8, 4) is 0 Å². The summed E-state index contributed by atoms with van der Waals surface area (Å²) >= 11 is 0. The van der Waals surface area contributed by atoms with Crippen molar-refractivity contribution in [2.24, 2.45) is 5.41 Å². The van der Waals surface area contributed by atoms with E-state index >= 15 is 0 Å². The van der Waals surface area contributed by atoms with E-state index in [1.54, 1.807) is 24.3 Å². The first kappa shape index (κ1) is 20.2. The van der Waals surface area contributed by atoms with Crippen molar-refractivity contribution in [2.45, 2.75) is 33.4 Å². The molecule has 9 heteroatoms. The number of aromatic nitrogens is 2. The van der Waals surface area contributed by atoms with Crippen LogP contribution in [0, 0.1) is 5.41 Å². The van der Waals surface area contributed by atoms with Gasteiger partial charge in [-0.3, -0.25) is 4.57 Å². The number of rotatable bonds is 5. The van der Waals surface area contributed by atoms with Gasteiger partial charge in [-0.05, 0) is 17.5 Å². The number of aliphatic hydroxyl groups excluding tert-OH is 1. The molecule has 1 amide bonds. The van der Waals surface area contributed by atoms with E-state index in [2.05, 4.69) is 5.32 Å². The molecule has 1 atom stereocenters. The molecule has 0 unspecified atom stereocenters. The Morgan fingerprint density at radius 1 is 1.23 bits per heavy atom. The van der Waals surface area contributed by atoms with Crippen molar-refractivity contribution in [1.29, 1.82) is 0 Å². The highest BCUT2D eigenvalue weighted by Crippen LogP contribution is 2.19. The summed E-state index contributed by atoms with van der Waals surface area (Å²) in [6.07, 6.45) is 1.10. The number of sulfone groups is 1. The van der Waals surface area contributed by atoms with Gasteiger partial charge in [-0.1, -0.05) is 32.9 Å². The van der Waals surface area contributed by atoms with Crippen LogP contribution in [0.3, 0.4) is 0 Å². The number of nitrogens with zero attached hydrogens (tertiary/aromatic N) is 2. The molecular formula is C17H25N3O5S. The predicted molar refractivity (Wildman–Crippen MR) is 100 cm³/mol. The maximum absolute atomic E-state index is 12.8. The molecule has 0 aliphatic rings. The molecule has 0 saturated carbocycles. The lowest BCUT2D eigenvalue weighted by Gasteiger charge is -2.29. The Balaban J connectivity index is 2.49. The topological polar surface area (TPSA) is 110 Å². The lowest BCUT2D eigenvalue weighted by molar-refractivity contribution is 0.159. The zero-order valence-corrected chi connectivity index (χ0v) is 16.2. The van der Waals surface area contributed by atoms with Gasteiger partial charge in [0, 0.05) is 12.8 Å². The highest BCUT2D eigenvalue weighted by Gasteiger charge is 2.28. The molecule has 0 fully saturated rings. The number of aliphatic hydroxyl groups is 1. The maximum Gasteiger partial charge on any atom is 0.337 e. The van der Waals surface area contributed by atoms with E-state index < -0.39 is 33.0 Å². The normalized spacial score (nSPS) is 13.7. The molecule has 0 spiro atoms. The fraction of sp³-hybridized carbons (Fsp3) is 0.529. The average molecular weight is 383 g/mol. The summed E-state index contributed by atoms with van der Waals surface area (Å²) in [5.41, 5.74) is -0.150. The molecule has 26 heavy (non-hydrogen) atoms. The fourth-order valence-corrected chi connectivity index (χ4v) is 3.14. The molecule has 1 aromatic carbocycles. The van der Waals surface area contributed by atoms with Crippen molar-refractivity contribution in [2.75, 3.05) is 18.6 Å². The summed E-state index contributed by atoms with van der Waals surface area (Å²) in [5.74, 6) is -0.205. The zero-order chi connectivity index (χ0) is 19.7. The number of imidazole rings is 1. The second-order valence-electron chi connectivity index (χ2n) is 7.44. The molecule has 0 saturated heterocycles. The number of nitrogens with one attached hydrogen (secondary N) is 1. The van der Waals surface area contributed by atoms with E-state index in [0.717, 1.165) is 10.8 Å². The summed E-state index contributed by atoms with van der Waals surface area (Å²) in [6, 6.07) is 5.50. The van der Waals surface area contributed by atoms with Gasteiger partial charge < -0.3 is 10.4 Å². The Morgan fingerprint density at radius 2 is 1.81 bits per heavy atom. The van der Waals surface area contributed by atoms with Crippen LogP contribution in [0.15, 0.2) is 29.1 Å². The van der Waals surface area contributed by atoms with Gasteiger partial charge in [0.25, 0.3) is 0 Å². The zero-order valence-electron chi connectivity index (χ0n) is 15.4. The Labute approximate surface area is 152 Å². The average Bonchev–Trinajstić information content (AvgIpc) is 2.80. The molecular weight excluding hydrogens is 358 g/mol. The third-order valence-electron chi connectivity index (χ3n) is 4.25. The minimum absolute atomic E-state index is 0.0405. The van der Waals surface area contributed by atoms with E-state index in [1.807, 2.05) is 20.8 Å². The summed E-state index contributed by atoms with van der Waals surface area (Å²) in [5, 5.41) is 12.2. The number of aryl methyl sites for hydroxylation is 1. The van der Waals surface area contributed by atoms with E-state index in [-0.39, 0.29) is 18.9 Å². The van der Waals surface area contributed by atoms with Gasteiger partial charge in [-0.25, -0.2) is 22.6 Å². The van der Waals surface area contributed by atoms with Gasteiger partial charge in [-0.2, -0.15) is 0 Å². The van der Waals surface area contributed by atoms with Gasteiger partial charge in [0.15, 0.2) is 0 Å². The number of fused-ring (bicyclic) bond motifs is 1. The standard InChI is InChI=1S/C17H25N3O5S/c1-17(2,3)14(11-21)18-15(22)20-13-8-6-5-7-12(13)19(16(20)23)9-10-26(4,24)25/h5-8,14,21H,9-11H2,1-4H3,(H,18,22)/t14-/m1/s1. The van der Waals surface area contributed by atoms with E-state index in [0.29, 0.717) is 11.0 Å². The van der Waals surface area contributed by atoms with Crippen LogP contribution in [0.25, 0.3) is 11.0 Å². The molecule has 2 rings (SSSR count). The van der Waals surface area contributed by atoms with Crippen molar-refractivity contribution in [3.05, 3.63) is 34.7 Å². The van der Waals surface area contributed by atoms with E-state index in [1.165, 1.54) is 4.57 Å². The van der Waals surface area contributed by atoms with Crippen LogP contribution in [-0.4, -0.2) is 53.3 Å². The highest BCUT2D eigenvalue weighted by molar-refractivity contribution is 7.90. The van der Waals surface area contributed by atoms with Gasteiger partial charge in [0.2, 0.25) is 0 Å². The van der Waals surface area contributed by atoms with E-state index in [9.17, 15) is 23.1 Å². The molecule has 1 aromatic heterocycles. The smallest absolute Gasteiger partial charge is 0.337 e. The molecule has 2 N–H and O–H groups in total. The quantitative estimate of drug-likeness (QED) is 0.794. The summed E-state index contributed by atoms with van der Waals surface area (Å²) in [4.78, 5) is 25.5. The van der Waals surface area contributed by atoms with Crippen LogP contribution in [0.5, 0.6) is 0 Å². The molecule has 1 heterocycles. The van der Waals surface area contributed by atoms with E-state index in [4.69, 9.17) is 0 Å². The number of hydrogen-bond donors (Lipinski definition) is 2. The Morgan fingerprint density at radius 3 is 2.31 bits per heavy atom. The number of hydrogen-bond acceptors (Lipinski definition) is 5. The van der Waals surface area contributed by atoms with Gasteiger partial charge in [0.1, 0.15) is 9.84 Å². The minimum Gasteiger partial charge on any atom is -0.394 e. The maximum atomic E-state index is 12.8. The first-order valence-corrected chi connectivity index (χ1v) is 10.3. The van der Waals surface area contributed by atoms with Crippen molar-refractivity contribution < 1.29 is 18.3 Å². The number of amides is 1. The third-order valence-corrected chi connectivity index (χ3v) is 5.17. The van der Waals surface area contributed by atoms with Crippen molar-refractivity contribution in [1.82, 2.24) is 14.5 Å². The number of benzene rings is 1. The largest absolute Gasteiger partial charge is 0.394 e. The van der Waals surface area contributed by atoms with Crippen LogP contribution in [0.1, 0.15) is 20.8 Å². The molecule has 0 bridgehead atoms. The molecule has 8 nitrogen and oxygen atoms in total.